The monoisotopic (exact) mass is 252 g/mol. The quantitative estimate of drug-likeness (QED) is 0.828. The summed E-state index contributed by atoms with van der Waals surface area (Å²) in [7, 11) is 0. The van der Waals surface area contributed by atoms with Crippen molar-refractivity contribution in [2.45, 2.75) is 32.6 Å². The van der Waals surface area contributed by atoms with Crippen molar-refractivity contribution < 1.29 is 4.74 Å². The summed E-state index contributed by atoms with van der Waals surface area (Å²) in [5.41, 5.74) is 0.532. The van der Waals surface area contributed by atoms with Gasteiger partial charge in [-0.15, -0.1) is 0 Å². The Morgan fingerprint density at radius 2 is 2.06 bits per heavy atom. The third-order valence-corrected chi connectivity index (χ3v) is 5.30. The second kappa shape index (κ2) is 5.48. The molecule has 3 nitrogen and oxygen atoms in total. The SMILES string of the molecule is CC1(CN2CCC(C3CCOCC3)C2)CCNC1. The van der Waals surface area contributed by atoms with E-state index >= 15 is 0 Å². The van der Waals surface area contributed by atoms with Crippen molar-refractivity contribution in [1.82, 2.24) is 10.2 Å². The van der Waals surface area contributed by atoms with Crippen LogP contribution in [0.4, 0.5) is 0 Å². The number of hydrogen-bond acceptors (Lipinski definition) is 3. The molecular weight excluding hydrogens is 224 g/mol. The molecule has 2 unspecified atom stereocenters. The maximum atomic E-state index is 5.49. The Morgan fingerprint density at radius 1 is 1.22 bits per heavy atom. The van der Waals surface area contributed by atoms with Crippen molar-refractivity contribution in [2.75, 3.05) is 45.9 Å². The number of nitrogens with one attached hydrogen (secondary N) is 1. The van der Waals surface area contributed by atoms with Crippen LogP contribution in [0.2, 0.25) is 0 Å². The van der Waals surface area contributed by atoms with Crippen molar-refractivity contribution in [3.63, 3.8) is 0 Å². The standard InChI is InChI=1S/C15H28N2O/c1-15(5-6-16-11-15)12-17-7-2-14(10-17)13-3-8-18-9-4-13/h13-14,16H,2-12H2,1H3. The van der Waals surface area contributed by atoms with E-state index in [1.54, 1.807) is 0 Å². The Hall–Kier alpha value is -0.120. The summed E-state index contributed by atoms with van der Waals surface area (Å²) < 4.78 is 5.49. The number of ether oxygens (including phenoxy) is 1. The zero-order chi connectivity index (χ0) is 12.4. The van der Waals surface area contributed by atoms with E-state index in [-0.39, 0.29) is 0 Å². The summed E-state index contributed by atoms with van der Waals surface area (Å²) >= 11 is 0. The van der Waals surface area contributed by atoms with E-state index < -0.39 is 0 Å². The lowest BCUT2D eigenvalue weighted by Gasteiger charge is -2.31. The molecule has 18 heavy (non-hydrogen) atoms. The highest BCUT2D eigenvalue weighted by Crippen LogP contribution is 2.34. The Balaban J connectivity index is 1.48. The second-order valence-electron chi connectivity index (χ2n) is 6.97. The summed E-state index contributed by atoms with van der Waals surface area (Å²) in [4.78, 5) is 2.73. The van der Waals surface area contributed by atoms with Crippen molar-refractivity contribution in [2.24, 2.45) is 17.3 Å². The van der Waals surface area contributed by atoms with E-state index in [9.17, 15) is 0 Å². The van der Waals surface area contributed by atoms with Gasteiger partial charge in [0.2, 0.25) is 0 Å². The molecule has 3 aliphatic heterocycles. The molecule has 2 atom stereocenters. The summed E-state index contributed by atoms with van der Waals surface area (Å²) in [6.45, 7) is 10.9. The highest BCUT2D eigenvalue weighted by molar-refractivity contribution is 4.90. The van der Waals surface area contributed by atoms with Crippen LogP contribution in [-0.4, -0.2) is 50.8 Å². The fourth-order valence-electron chi connectivity index (χ4n) is 4.12. The molecule has 0 radical (unpaired) electrons. The first-order valence-corrected chi connectivity index (χ1v) is 7.76. The van der Waals surface area contributed by atoms with Gasteiger partial charge in [0.1, 0.15) is 0 Å². The summed E-state index contributed by atoms with van der Waals surface area (Å²) in [5.74, 6) is 1.89. The van der Waals surface area contributed by atoms with E-state index in [0.717, 1.165) is 25.0 Å². The Labute approximate surface area is 111 Å². The molecular formula is C15H28N2O. The van der Waals surface area contributed by atoms with Crippen LogP contribution in [0.1, 0.15) is 32.6 Å². The Morgan fingerprint density at radius 3 is 2.78 bits per heavy atom. The number of nitrogens with zero attached hydrogens (tertiary/aromatic N) is 1. The van der Waals surface area contributed by atoms with Gasteiger partial charge >= 0.3 is 0 Å². The zero-order valence-electron chi connectivity index (χ0n) is 11.8. The molecule has 3 heteroatoms. The van der Waals surface area contributed by atoms with Crippen LogP contribution in [0.25, 0.3) is 0 Å². The maximum absolute atomic E-state index is 5.49. The van der Waals surface area contributed by atoms with Crippen LogP contribution >= 0.6 is 0 Å². The molecule has 0 aliphatic carbocycles. The van der Waals surface area contributed by atoms with Crippen LogP contribution < -0.4 is 5.32 Å². The first kappa shape index (κ1) is 12.9. The van der Waals surface area contributed by atoms with Crippen LogP contribution in [0.5, 0.6) is 0 Å². The van der Waals surface area contributed by atoms with Crippen molar-refractivity contribution >= 4 is 0 Å². The van der Waals surface area contributed by atoms with Gasteiger partial charge in [0.05, 0.1) is 0 Å². The topological polar surface area (TPSA) is 24.5 Å². The van der Waals surface area contributed by atoms with Crippen LogP contribution in [0.15, 0.2) is 0 Å². The van der Waals surface area contributed by atoms with E-state index in [4.69, 9.17) is 4.74 Å². The van der Waals surface area contributed by atoms with Gasteiger partial charge in [-0.05, 0) is 56.0 Å². The minimum atomic E-state index is 0.532. The molecule has 104 valence electrons. The van der Waals surface area contributed by atoms with Crippen LogP contribution in [0.3, 0.4) is 0 Å². The van der Waals surface area contributed by atoms with Crippen LogP contribution in [0, 0.1) is 17.3 Å². The smallest absolute Gasteiger partial charge is 0.0468 e. The fraction of sp³-hybridized carbons (Fsp3) is 1.00. The van der Waals surface area contributed by atoms with Crippen LogP contribution in [-0.2, 0) is 4.74 Å². The molecule has 0 bridgehead atoms. The Bertz CT molecular complexity index is 270. The minimum Gasteiger partial charge on any atom is -0.381 e. The van der Waals surface area contributed by atoms with Gasteiger partial charge in [-0.1, -0.05) is 6.92 Å². The van der Waals surface area contributed by atoms with Gasteiger partial charge in [-0.25, -0.2) is 0 Å². The third kappa shape index (κ3) is 2.89. The van der Waals surface area contributed by atoms with E-state index in [0.29, 0.717) is 5.41 Å². The highest BCUT2D eigenvalue weighted by atomic mass is 16.5. The average Bonchev–Trinajstić information content (AvgIpc) is 3.00. The Kier molecular flexibility index (Phi) is 3.92. The largest absolute Gasteiger partial charge is 0.381 e. The molecule has 0 spiro atoms. The molecule has 1 N–H and O–H groups in total. The molecule has 3 saturated heterocycles. The van der Waals surface area contributed by atoms with Gasteiger partial charge in [-0.2, -0.15) is 0 Å². The molecule has 0 aromatic carbocycles. The predicted octanol–water partition coefficient (Wildman–Crippen LogP) is 1.73. The summed E-state index contributed by atoms with van der Waals surface area (Å²) in [6, 6.07) is 0. The minimum absolute atomic E-state index is 0.532. The number of hydrogen-bond donors (Lipinski definition) is 1. The van der Waals surface area contributed by atoms with E-state index in [2.05, 4.69) is 17.1 Å². The second-order valence-corrected chi connectivity index (χ2v) is 6.97. The molecule has 0 amide bonds. The molecule has 0 aromatic rings. The molecule has 3 fully saturated rings. The van der Waals surface area contributed by atoms with E-state index in [1.807, 2.05) is 0 Å². The summed E-state index contributed by atoms with van der Waals surface area (Å²) in [5, 5.41) is 3.52. The highest BCUT2D eigenvalue weighted by Gasteiger charge is 2.35. The lowest BCUT2D eigenvalue weighted by Crippen LogP contribution is -2.36. The molecule has 0 saturated carbocycles. The molecule has 3 aliphatic rings. The average molecular weight is 252 g/mol. The van der Waals surface area contributed by atoms with Gasteiger partial charge in [-0.3, -0.25) is 0 Å². The van der Waals surface area contributed by atoms with Gasteiger partial charge in [0.25, 0.3) is 0 Å². The molecule has 3 rings (SSSR count). The first-order chi connectivity index (χ1) is 8.75. The number of likely N-dealkylation sites (tertiary alicyclic amines) is 1. The lowest BCUT2D eigenvalue weighted by atomic mass is 9.85. The first-order valence-electron chi connectivity index (χ1n) is 7.76. The van der Waals surface area contributed by atoms with Gasteiger partial charge in [0, 0.05) is 32.8 Å². The molecule has 3 heterocycles. The molecule has 0 aromatic heterocycles. The summed E-state index contributed by atoms with van der Waals surface area (Å²) in [6.07, 6.45) is 5.38. The third-order valence-electron chi connectivity index (χ3n) is 5.30. The van der Waals surface area contributed by atoms with Crippen molar-refractivity contribution in [3.05, 3.63) is 0 Å². The van der Waals surface area contributed by atoms with Crippen molar-refractivity contribution in [1.29, 1.82) is 0 Å². The van der Waals surface area contributed by atoms with E-state index in [1.165, 1.54) is 58.4 Å². The normalized spacial score (nSPS) is 39.5. The zero-order valence-corrected chi connectivity index (χ0v) is 11.8. The van der Waals surface area contributed by atoms with Gasteiger partial charge < -0.3 is 15.0 Å². The predicted molar refractivity (Wildman–Crippen MR) is 73.7 cm³/mol. The van der Waals surface area contributed by atoms with Crippen molar-refractivity contribution in [3.8, 4) is 0 Å². The maximum Gasteiger partial charge on any atom is 0.0468 e. The lowest BCUT2D eigenvalue weighted by molar-refractivity contribution is 0.0471. The fourth-order valence-corrected chi connectivity index (χ4v) is 4.12. The van der Waals surface area contributed by atoms with Gasteiger partial charge in [0.15, 0.2) is 0 Å². The number of rotatable bonds is 3.